The van der Waals surface area contributed by atoms with Crippen molar-refractivity contribution < 1.29 is 14.3 Å². The van der Waals surface area contributed by atoms with E-state index < -0.39 is 0 Å². The Hall–Kier alpha value is -2.62. The van der Waals surface area contributed by atoms with Gasteiger partial charge in [-0.15, -0.1) is 0 Å². The molecule has 0 saturated heterocycles. The zero-order valence-electron chi connectivity index (χ0n) is 14.2. The van der Waals surface area contributed by atoms with Crippen molar-refractivity contribution in [1.82, 2.24) is 5.32 Å². The first-order chi connectivity index (χ1) is 11.6. The smallest absolute Gasteiger partial charge is 0.220 e. The van der Waals surface area contributed by atoms with Crippen LogP contribution in [0, 0.1) is 6.92 Å². The highest BCUT2D eigenvalue weighted by Crippen LogP contribution is 2.12. The predicted molar refractivity (Wildman–Crippen MR) is 94.5 cm³/mol. The largest absolute Gasteiger partial charge is 0.497 e. The lowest BCUT2D eigenvalue weighted by molar-refractivity contribution is -0.121. The van der Waals surface area contributed by atoms with E-state index in [1.165, 1.54) is 0 Å². The Morgan fingerprint density at radius 1 is 1.00 bits per heavy atom. The number of hydrogen-bond acceptors (Lipinski definition) is 3. The van der Waals surface area contributed by atoms with Crippen molar-refractivity contribution >= 4 is 11.7 Å². The maximum absolute atomic E-state index is 12.1. The van der Waals surface area contributed by atoms with Crippen LogP contribution in [0.3, 0.4) is 0 Å². The lowest BCUT2D eigenvalue weighted by atomic mass is 10.0. The van der Waals surface area contributed by atoms with Crippen molar-refractivity contribution in [3.05, 3.63) is 65.2 Å². The molecule has 2 rings (SSSR count). The zero-order valence-corrected chi connectivity index (χ0v) is 14.2. The average Bonchev–Trinajstić information content (AvgIpc) is 2.60. The van der Waals surface area contributed by atoms with Crippen LogP contribution in [0.2, 0.25) is 0 Å². The summed E-state index contributed by atoms with van der Waals surface area (Å²) in [5.74, 6) is 0.737. The van der Waals surface area contributed by atoms with Gasteiger partial charge in [0.1, 0.15) is 5.75 Å². The van der Waals surface area contributed by atoms with Crippen molar-refractivity contribution in [2.24, 2.45) is 0 Å². The normalized spacial score (nSPS) is 10.2. The lowest BCUT2D eigenvalue weighted by Crippen LogP contribution is -2.26. The minimum absolute atomic E-state index is 0.0124. The number of carbonyl (C=O) groups is 2. The molecule has 0 aliphatic heterocycles. The molecule has 0 unspecified atom stereocenters. The van der Waals surface area contributed by atoms with Crippen molar-refractivity contribution in [3.8, 4) is 5.75 Å². The molecule has 0 aliphatic carbocycles. The van der Waals surface area contributed by atoms with Crippen LogP contribution in [0.4, 0.5) is 0 Å². The molecule has 2 aromatic carbocycles. The van der Waals surface area contributed by atoms with Crippen LogP contribution in [0.25, 0.3) is 0 Å². The highest BCUT2D eigenvalue weighted by atomic mass is 16.5. The molecule has 4 nitrogen and oxygen atoms in total. The van der Waals surface area contributed by atoms with Gasteiger partial charge >= 0.3 is 0 Å². The number of rotatable bonds is 8. The van der Waals surface area contributed by atoms with Crippen LogP contribution in [-0.2, 0) is 11.2 Å². The van der Waals surface area contributed by atoms with E-state index in [1.807, 2.05) is 49.4 Å². The van der Waals surface area contributed by atoms with Crippen molar-refractivity contribution in [2.75, 3.05) is 13.7 Å². The summed E-state index contributed by atoms with van der Waals surface area (Å²) in [6.07, 6.45) is 1.20. The van der Waals surface area contributed by atoms with Gasteiger partial charge in [-0.25, -0.2) is 0 Å². The number of ketones is 1. The topological polar surface area (TPSA) is 55.4 Å². The lowest BCUT2D eigenvalue weighted by Gasteiger charge is -2.07. The highest BCUT2D eigenvalue weighted by molar-refractivity contribution is 5.99. The minimum atomic E-state index is -0.0922. The summed E-state index contributed by atoms with van der Waals surface area (Å²) in [5, 5.41) is 2.86. The quantitative estimate of drug-likeness (QED) is 0.758. The molecule has 0 aromatic heterocycles. The summed E-state index contributed by atoms with van der Waals surface area (Å²) >= 11 is 0. The molecule has 0 heterocycles. The molecule has 126 valence electrons. The Morgan fingerprint density at radius 2 is 1.71 bits per heavy atom. The van der Waals surface area contributed by atoms with Crippen LogP contribution in [0.5, 0.6) is 5.75 Å². The van der Waals surface area contributed by atoms with Gasteiger partial charge in [0.25, 0.3) is 0 Å². The summed E-state index contributed by atoms with van der Waals surface area (Å²) in [7, 11) is 1.63. The van der Waals surface area contributed by atoms with Crippen molar-refractivity contribution in [1.29, 1.82) is 0 Å². The number of benzene rings is 2. The second-order valence-electron chi connectivity index (χ2n) is 5.69. The molecule has 1 N–H and O–H groups in total. The first kappa shape index (κ1) is 17.7. The number of amides is 1. The number of ether oxygens (including phenoxy) is 1. The summed E-state index contributed by atoms with van der Waals surface area (Å²) < 4.78 is 5.11. The van der Waals surface area contributed by atoms with Crippen LogP contribution < -0.4 is 10.1 Å². The first-order valence-corrected chi connectivity index (χ1v) is 8.08. The Labute approximate surface area is 142 Å². The SMILES string of the molecule is COc1ccc(CCNC(=O)CCC(=O)c2ccccc2C)cc1. The summed E-state index contributed by atoms with van der Waals surface area (Å²) in [5.41, 5.74) is 2.78. The Morgan fingerprint density at radius 3 is 2.38 bits per heavy atom. The maximum atomic E-state index is 12.1. The number of aryl methyl sites for hydroxylation is 1. The van der Waals surface area contributed by atoms with Gasteiger partial charge in [-0.3, -0.25) is 9.59 Å². The van der Waals surface area contributed by atoms with Gasteiger partial charge in [0.15, 0.2) is 5.78 Å². The van der Waals surface area contributed by atoms with E-state index in [0.29, 0.717) is 12.1 Å². The van der Waals surface area contributed by atoms with E-state index in [9.17, 15) is 9.59 Å². The predicted octanol–water partition coefficient (Wildman–Crippen LogP) is 3.33. The molecule has 0 radical (unpaired) electrons. The number of carbonyl (C=O) groups excluding carboxylic acids is 2. The van der Waals surface area contributed by atoms with Crippen LogP contribution in [0.1, 0.15) is 34.3 Å². The summed E-state index contributed by atoms with van der Waals surface area (Å²) in [6, 6.07) is 15.2. The molecule has 1 amide bonds. The third-order valence-electron chi connectivity index (χ3n) is 3.92. The Balaban J connectivity index is 1.71. The molecule has 24 heavy (non-hydrogen) atoms. The zero-order chi connectivity index (χ0) is 17.4. The van der Waals surface area contributed by atoms with Crippen LogP contribution in [-0.4, -0.2) is 25.3 Å². The Kier molecular flexibility index (Phi) is 6.55. The molecular weight excluding hydrogens is 302 g/mol. The fourth-order valence-electron chi connectivity index (χ4n) is 2.47. The summed E-state index contributed by atoms with van der Waals surface area (Å²) in [6.45, 7) is 2.46. The molecule has 0 atom stereocenters. The van der Waals surface area contributed by atoms with Gasteiger partial charge in [0, 0.05) is 24.9 Å². The maximum Gasteiger partial charge on any atom is 0.220 e. The number of methoxy groups -OCH3 is 1. The summed E-state index contributed by atoms with van der Waals surface area (Å²) in [4.78, 5) is 24.0. The van der Waals surface area contributed by atoms with Crippen LogP contribution >= 0.6 is 0 Å². The van der Waals surface area contributed by atoms with E-state index >= 15 is 0 Å². The minimum Gasteiger partial charge on any atom is -0.497 e. The average molecular weight is 325 g/mol. The van der Waals surface area contributed by atoms with Gasteiger partial charge < -0.3 is 10.1 Å². The number of Topliss-reactive ketones (excluding diaryl/α,β-unsaturated/α-hetero) is 1. The monoisotopic (exact) mass is 325 g/mol. The fourth-order valence-corrected chi connectivity index (χ4v) is 2.47. The van der Waals surface area contributed by atoms with Crippen molar-refractivity contribution in [3.63, 3.8) is 0 Å². The van der Waals surface area contributed by atoms with Gasteiger partial charge in [-0.05, 0) is 36.6 Å². The third-order valence-corrected chi connectivity index (χ3v) is 3.92. The van der Waals surface area contributed by atoms with Gasteiger partial charge in [-0.1, -0.05) is 36.4 Å². The van der Waals surface area contributed by atoms with E-state index in [4.69, 9.17) is 4.74 Å². The second kappa shape index (κ2) is 8.87. The first-order valence-electron chi connectivity index (χ1n) is 8.08. The molecule has 0 saturated carbocycles. The van der Waals surface area contributed by atoms with Gasteiger partial charge in [0.2, 0.25) is 5.91 Å². The number of hydrogen-bond donors (Lipinski definition) is 1. The highest BCUT2D eigenvalue weighted by Gasteiger charge is 2.10. The molecule has 0 aliphatic rings. The van der Waals surface area contributed by atoms with Crippen LogP contribution in [0.15, 0.2) is 48.5 Å². The Bertz CT molecular complexity index is 692. The molecule has 0 fully saturated rings. The fraction of sp³-hybridized carbons (Fsp3) is 0.300. The van der Waals surface area contributed by atoms with Gasteiger partial charge in [-0.2, -0.15) is 0 Å². The van der Waals surface area contributed by atoms with E-state index in [-0.39, 0.29) is 24.5 Å². The molecule has 0 spiro atoms. The molecule has 4 heteroatoms. The molecule has 0 bridgehead atoms. The van der Waals surface area contributed by atoms with Gasteiger partial charge in [0.05, 0.1) is 7.11 Å². The number of nitrogens with one attached hydrogen (secondary N) is 1. The third kappa shape index (κ3) is 5.23. The molecule has 2 aromatic rings. The standard InChI is InChI=1S/C20H23NO3/c1-15-5-3-4-6-18(15)19(22)11-12-20(23)21-14-13-16-7-9-17(24-2)10-8-16/h3-10H,11-14H2,1-2H3,(H,21,23). The second-order valence-corrected chi connectivity index (χ2v) is 5.69. The van der Waals surface area contributed by atoms with Crippen molar-refractivity contribution in [2.45, 2.75) is 26.2 Å². The molecular formula is C20H23NO3. The van der Waals surface area contributed by atoms with E-state index in [1.54, 1.807) is 13.2 Å². The van der Waals surface area contributed by atoms with E-state index in [2.05, 4.69) is 5.32 Å². The van der Waals surface area contributed by atoms with E-state index in [0.717, 1.165) is 23.3 Å².